The van der Waals surface area contributed by atoms with E-state index in [0.717, 1.165) is 19.4 Å². The Morgan fingerprint density at radius 2 is 1.94 bits per heavy atom. The standard InChI is InChI=1S/C12H24N2O3/c1-4-10(2)14-11(15)7-9-13-8-5-6-12(16)17-3/h10,13H,4-9H2,1-3H3,(H,14,15). The summed E-state index contributed by atoms with van der Waals surface area (Å²) >= 11 is 0. The average molecular weight is 244 g/mol. The van der Waals surface area contributed by atoms with E-state index in [1.165, 1.54) is 7.11 Å². The molecular weight excluding hydrogens is 220 g/mol. The van der Waals surface area contributed by atoms with Crippen molar-refractivity contribution in [2.45, 2.75) is 45.6 Å². The summed E-state index contributed by atoms with van der Waals surface area (Å²) in [6.45, 7) is 5.40. The van der Waals surface area contributed by atoms with Gasteiger partial charge in [-0.15, -0.1) is 0 Å². The molecule has 0 saturated carbocycles. The summed E-state index contributed by atoms with van der Waals surface area (Å²) in [6, 6.07) is 0.238. The molecule has 0 aromatic rings. The van der Waals surface area contributed by atoms with Gasteiger partial charge in [0, 0.05) is 25.4 Å². The maximum atomic E-state index is 11.4. The van der Waals surface area contributed by atoms with E-state index < -0.39 is 0 Å². The molecule has 0 aromatic carbocycles. The molecule has 2 N–H and O–H groups in total. The number of methoxy groups -OCH3 is 1. The van der Waals surface area contributed by atoms with Crippen molar-refractivity contribution in [3.63, 3.8) is 0 Å². The van der Waals surface area contributed by atoms with Crippen molar-refractivity contribution in [1.82, 2.24) is 10.6 Å². The average Bonchev–Trinajstić information content (AvgIpc) is 2.32. The van der Waals surface area contributed by atoms with Crippen LogP contribution in [-0.2, 0) is 14.3 Å². The van der Waals surface area contributed by atoms with Gasteiger partial charge in [-0.05, 0) is 26.3 Å². The monoisotopic (exact) mass is 244 g/mol. The molecule has 5 nitrogen and oxygen atoms in total. The fraction of sp³-hybridized carbons (Fsp3) is 0.833. The Bertz CT molecular complexity index is 232. The van der Waals surface area contributed by atoms with E-state index in [-0.39, 0.29) is 17.9 Å². The summed E-state index contributed by atoms with van der Waals surface area (Å²) in [7, 11) is 1.38. The van der Waals surface area contributed by atoms with Gasteiger partial charge in [0.2, 0.25) is 5.91 Å². The number of carbonyl (C=O) groups excluding carboxylic acids is 2. The fourth-order valence-corrected chi connectivity index (χ4v) is 1.24. The number of esters is 1. The smallest absolute Gasteiger partial charge is 0.305 e. The Labute approximate surface area is 103 Å². The highest BCUT2D eigenvalue weighted by molar-refractivity contribution is 5.76. The molecule has 0 aliphatic carbocycles. The molecule has 1 atom stereocenters. The molecule has 0 aromatic heterocycles. The van der Waals surface area contributed by atoms with Crippen LogP contribution in [0.25, 0.3) is 0 Å². The van der Waals surface area contributed by atoms with E-state index in [4.69, 9.17) is 0 Å². The molecule has 100 valence electrons. The normalized spacial score (nSPS) is 11.9. The van der Waals surface area contributed by atoms with Crippen LogP contribution >= 0.6 is 0 Å². The summed E-state index contributed by atoms with van der Waals surface area (Å²) in [4.78, 5) is 22.2. The molecule has 0 heterocycles. The van der Waals surface area contributed by atoms with Crippen molar-refractivity contribution in [3.05, 3.63) is 0 Å². The number of carbonyl (C=O) groups is 2. The van der Waals surface area contributed by atoms with Crippen LogP contribution in [0.5, 0.6) is 0 Å². The van der Waals surface area contributed by atoms with E-state index in [1.54, 1.807) is 0 Å². The highest BCUT2D eigenvalue weighted by Crippen LogP contribution is 1.91. The van der Waals surface area contributed by atoms with Gasteiger partial charge in [-0.1, -0.05) is 6.92 Å². The molecule has 0 aliphatic heterocycles. The maximum absolute atomic E-state index is 11.4. The Hall–Kier alpha value is -1.10. The van der Waals surface area contributed by atoms with Crippen LogP contribution in [0.15, 0.2) is 0 Å². The Balaban J connectivity index is 3.33. The SMILES string of the molecule is CCC(C)NC(=O)CCNCCCC(=O)OC. The summed E-state index contributed by atoms with van der Waals surface area (Å²) in [5.74, 6) is -0.124. The van der Waals surface area contributed by atoms with Gasteiger partial charge in [0.25, 0.3) is 0 Å². The summed E-state index contributed by atoms with van der Waals surface area (Å²) in [5.41, 5.74) is 0. The first-order valence-electron chi connectivity index (χ1n) is 6.17. The van der Waals surface area contributed by atoms with Gasteiger partial charge in [0.15, 0.2) is 0 Å². The molecule has 0 spiro atoms. The lowest BCUT2D eigenvalue weighted by Gasteiger charge is -2.11. The zero-order valence-electron chi connectivity index (χ0n) is 11.0. The third kappa shape index (κ3) is 9.81. The van der Waals surface area contributed by atoms with Crippen molar-refractivity contribution in [1.29, 1.82) is 0 Å². The second-order valence-electron chi connectivity index (χ2n) is 4.06. The van der Waals surface area contributed by atoms with E-state index >= 15 is 0 Å². The lowest BCUT2D eigenvalue weighted by molar-refractivity contribution is -0.140. The van der Waals surface area contributed by atoms with E-state index in [2.05, 4.69) is 15.4 Å². The van der Waals surface area contributed by atoms with Crippen LogP contribution < -0.4 is 10.6 Å². The van der Waals surface area contributed by atoms with E-state index in [1.807, 2.05) is 13.8 Å². The zero-order chi connectivity index (χ0) is 13.1. The number of hydrogen-bond donors (Lipinski definition) is 2. The molecule has 0 rings (SSSR count). The zero-order valence-corrected chi connectivity index (χ0v) is 11.0. The first-order chi connectivity index (χ1) is 8.10. The van der Waals surface area contributed by atoms with Crippen LogP contribution in [-0.4, -0.2) is 38.1 Å². The van der Waals surface area contributed by atoms with Gasteiger partial charge >= 0.3 is 5.97 Å². The largest absolute Gasteiger partial charge is 0.469 e. The van der Waals surface area contributed by atoms with Gasteiger partial charge in [-0.3, -0.25) is 9.59 Å². The van der Waals surface area contributed by atoms with Crippen LogP contribution in [0.4, 0.5) is 0 Å². The highest BCUT2D eigenvalue weighted by atomic mass is 16.5. The van der Waals surface area contributed by atoms with Gasteiger partial charge in [-0.25, -0.2) is 0 Å². The number of hydrogen-bond acceptors (Lipinski definition) is 4. The van der Waals surface area contributed by atoms with Crippen LogP contribution in [0.2, 0.25) is 0 Å². The minimum Gasteiger partial charge on any atom is -0.469 e. The highest BCUT2D eigenvalue weighted by Gasteiger charge is 2.04. The lowest BCUT2D eigenvalue weighted by atomic mass is 10.2. The van der Waals surface area contributed by atoms with Crippen molar-refractivity contribution < 1.29 is 14.3 Å². The first kappa shape index (κ1) is 15.9. The van der Waals surface area contributed by atoms with Gasteiger partial charge < -0.3 is 15.4 Å². The summed E-state index contributed by atoms with van der Waals surface area (Å²) < 4.78 is 4.52. The number of nitrogens with one attached hydrogen (secondary N) is 2. The molecule has 0 bridgehead atoms. The van der Waals surface area contributed by atoms with Crippen molar-refractivity contribution >= 4 is 11.9 Å². The number of rotatable bonds is 9. The fourth-order valence-electron chi connectivity index (χ4n) is 1.24. The Morgan fingerprint density at radius 1 is 1.24 bits per heavy atom. The van der Waals surface area contributed by atoms with Crippen LogP contribution in [0.3, 0.4) is 0 Å². The predicted molar refractivity (Wildman–Crippen MR) is 66.6 cm³/mol. The molecule has 5 heteroatoms. The minimum absolute atomic E-state index is 0.0693. The second-order valence-corrected chi connectivity index (χ2v) is 4.06. The van der Waals surface area contributed by atoms with Crippen molar-refractivity contribution in [3.8, 4) is 0 Å². The van der Waals surface area contributed by atoms with Gasteiger partial charge in [0.05, 0.1) is 7.11 Å². The summed E-state index contributed by atoms with van der Waals surface area (Å²) in [6.07, 6.45) is 2.57. The first-order valence-corrected chi connectivity index (χ1v) is 6.17. The van der Waals surface area contributed by atoms with Crippen LogP contribution in [0.1, 0.15) is 39.5 Å². The van der Waals surface area contributed by atoms with Crippen molar-refractivity contribution in [2.75, 3.05) is 20.2 Å². The summed E-state index contributed by atoms with van der Waals surface area (Å²) in [5, 5.41) is 6.01. The predicted octanol–water partition coefficient (Wildman–Crippen LogP) is 0.834. The molecule has 1 amide bonds. The number of amides is 1. The van der Waals surface area contributed by atoms with E-state index in [9.17, 15) is 9.59 Å². The Morgan fingerprint density at radius 3 is 2.53 bits per heavy atom. The molecule has 1 unspecified atom stereocenters. The van der Waals surface area contributed by atoms with Crippen molar-refractivity contribution in [2.24, 2.45) is 0 Å². The minimum atomic E-state index is -0.193. The van der Waals surface area contributed by atoms with Gasteiger partial charge in [-0.2, -0.15) is 0 Å². The maximum Gasteiger partial charge on any atom is 0.305 e. The quantitative estimate of drug-likeness (QED) is 0.466. The van der Waals surface area contributed by atoms with Gasteiger partial charge in [0.1, 0.15) is 0 Å². The second kappa shape index (κ2) is 10.1. The molecule has 0 radical (unpaired) electrons. The molecule has 17 heavy (non-hydrogen) atoms. The molecule has 0 saturated heterocycles. The van der Waals surface area contributed by atoms with E-state index in [0.29, 0.717) is 19.4 Å². The lowest BCUT2D eigenvalue weighted by Crippen LogP contribution is -2.34. The Kier molecular flexibility index (Phi) is 9.43. The third-order valence-electron chi connectivity index (χ3n) is 2.51. The topological polar surface area (TPSA) is 67.4 Å². The third-order valence-corrected chi connectivity index (χ3v) is 2.51. The molecular formula is C12H24N2O3. The molecule has 0 fully saturated rings. The van der Waals surface area contributed by atoms with Crippen LogP contribution in [0, 0.1) is 0 Å². The molecule has 0 aliphatic rings. The number of ether oxygens (including phenoxy) is 1.